The molecule has 1 rings (SSSR count). The first-order valence-electron chi connectivity index (χ1n) is 4.76. The van der Waals surface area contributed by atoms with Gasteiger partial charge in [0.15, 0.2) is 0 Å². The van der Waals surface area contributed by atoms with Gasteiger partial charge in [0.2, 0.25) is 0 Å². The van der Waals surface area contributed by atoms with Crippen molar-refractivity contribution in [2.75, 3.05) is 18.0 Å². The number of hydrogen-bond donors (Lipinski definition) is 0. The number of aromatic nitrogens is 3. The Labute approximate surface area is 79.0 Å². The molecule has 0 unspecified atom stereocenters. The molecule has 13 heavy (non-hydrogen) atoms. The van der Waals surface area contributed by atoms with E-state index in [1.165, 1.54) is 0 Å². The van der Waals surface area contributed by atoms with Gasteiger partial charge in [-0.05, 0) is 18.1 Å². The molecule has 0 aromatic carbocycles. The summed E-state index contributed by atoms with van der Waals surface area (Å²) in [5.74, 6) is 0. The molecule has 1 heterocycles. The van der Waals surface area contributed by atoms with Gasteiger partial charge in [-0.3, -0.25) is 0 Å². The Kier molecular flexibility index (Phi) is 4.15. The normalized spacial score (nSPS) is 10.0. The first-order valence-corrected chi connectivity index (χ1v) is 4.76. The summed E-state index contributed by atoms with van der Waals surface area (Å²) in [4.78, 5) is 2.28. The van der Waals surface area contributed by atoms with Crippen molar-refractivity contribution in [1.82, 2.24) is 15.4 Å². The molecule has 0 fully saturated rings. The maximum absolute atomic E-state index is 3.77. The second-order valence-corrected chi connectivity index (χ2v) is 2.99. The summed E-state index contributed by atoms with van der Waals surface area (Å²) in [6.45, 7) is 6.46. The van der Waals surface area contributed by atoms with E-state index >= 15 is 0 Å². The van der Waals surface area contributed by atoms with E-state index in [4.69, 9.17) is 0 Å². The second kappa shape index (κ2) is 5.45. The molecule has 4 heteroatoms. The summed E-state index contributed by atoms with van der Waals surface area (Å²) < 4.78 is 0. The van der Waals surface area contributed by atoms with E-state index < -0.39 is 0 Å². The molecule has 0 radical (unpaired) electrons. The summed E-state index contributed by atoms with van der Waals surface area (Å²) in [7, 11) is 0. The van der Waals surface area contributed by atoms with Crippen molar-refractivity contribution in [3.05, 3.63) is 12.4 Å². The van der Waals surface area contributed by atoms with Crippen molar-refractivity contribution in [1.29, 1.82) is 0 Å². The van der Waals surface area contributed by atoms with Crippen LogP contribution in [0.4, 0.5) is 5.69 Å². The van der Waals surface area contributed by atoms with E-state index in [-0.39, 0.29) is 0 Å². The van der Waals surface area contributed by atoms with Crippen LogP contribution >= 0.6 is 0 Å². The molecule has 1 aromatic heterocycles. The predicted octanol–water partition coefficient (Wildman–Crippen LogP) is 1.50. The van der Waals surface area contributed by atoms with Crippen LogP contribution in [0.1, 0.15) is 26.7 Å². The Morgan fingerprint density at radius 2 is 1.62 bits per heavy atom. The molecule has 0 atom stereocenters. The molecule has 0 saturated heterocycles. The zero-order valence-electron chi connectivity index (χ0n) is 8.27. The zero-order chi connectivity index (χ0) is 9.52. The average Bonchev–Trinajstić information content (AvgIpc) is 2.19. The maximum Gasteiger partial charge on any atom is 0.0777 e. The lowest BCUT2D eigenvalue weighted by atomic mass is 10.3. The lowest BCUT2D eigenvalue weighted by Crippen LogP contribution is -2.25. The molecule has 1 aromatic rings. The van der Waals surface area contributed by atoms with Crippen LogP contribution in [0.3, 0.4) is 0 Å². The third-order valence-corrected chi connectivity index (χ3v) is 1.84. The Balaban J connectivity index is 2.64. The Morgan fingerprint density at radius 1 is 1.08 bits per heavy atom. The van der Waals surface area contributed by atoms with Crippen LogP contribution in [0.15, 0.2) is 12.4 Å². The monoisotopic (exact) mass is 180 g/mol. The fourth-order valence-corrected chi connectivity index (χ4v) is 1.31. The lowest BCUT2D eigenvalue weighted by Gasteiger charge is -2.22. The Hall–Kier alpha value is -1.19. The van der Waals surface area contributed by atoms with Gasteiger partial charge in [0.25, 0.3) is 0 Å². The van der Waals surface area contributed by atoms with Gasteiger partial charge in [-0.15, -0.1) is 10.2 Å². The number of rotatable bonds is 5. The quantitative estimate of drug-likeness (QED) is 0.688. The fraction of sp³-hybridized carbons (Fsp3) is 0.667. The van der Waals surface area contributed by atoms with E-state index in [9.17, 15) is 0 Å². The van der Waals surface area contributed by atoms with Crippen molar-refractivity contribution >= 4 is 5.69 Å². The lowest BCUT2D eigenvalue weighted by molar-refractivity contribution is 0.732. The first-order chi connectivity index (χ1) is 6.38. The number of anilines is 1. The van der Waals surface area contributed by atoms with Crippen molar-refractivity contribution in [3.63, 3.8) is 0 Å². The van der Waals surface area contributed by atoms with Crippen molar-refractivity contribution in [2.24, 2.45) is 0 Å². The van der Waals surface area contributed by atoms with Crippen LogP contribution in [-0.2, 0) is 0 Å². The molecule has 72 valence electrons. The topological polar surface area (TPSA) is 41.9 Å². The summed E-state index contributed by atoms with van der Waals surface area (Å²) in [6, 6.07) is 0. The van der Waals surface area contributed by atoms with Crippen LogP contribution in [0.5, 0.6) is 0 Å². The minimum atomic E-state index is 1.06. The van der Waals surface area contributed by atoms with Crippen LogP contribution in [0, 0.1) is 0 Å². The maximum atomic E-state index is 3.77. The molecular formula is C9H16N4. The molecule has 0 aliphatic carbocycles. The average molecular weight is 180 g/mol. The van der Waals surface area contributed by atoms with Crippen molar-refractivity contribution in [3.8, 4) is 0 Å². The Bertz CT molecular complexity index is 218. The summed E-state index contributed by atoms with van der Waals surface area (Å²) >= 11 is 0. The van der Waals surface area contributed by atoms with E-state index in [0.29, 0.717) is 0 Å². The standard InChI is InChI=1S/C9H16N4/c1-3-5-13(6-4-2)9-7-10-12-11-8-9/h7-8H,3-6H2,1-2H3. The van der Waals surface area contributed by atoms with E-state index in [0.717, 1.165) is 31.6 Å². The molecule has 0 aliphatic heterocycles. The largest absolute Gasteiger partial charge is 0.369 e. The third kappa shape index (κ3) is 2.97. The minimum absolute atomic E-state index is 1.06. The SMILES string of the molecule is CCCN(CCC)c1cnnnc1. The van der Waals surface area contributed by atoms with E-state index in [2.05, 4.69) is 34.2 Å². The van der Waals surface area contributed by atoms with Crippen LogP contribution in [0.25, 0.3) is 0 Å². The minimum Gasteiger partial charge on any atom is -0.369 e. The van der Waals surface area contributed by atoms with Crippen LogP contribution in [-0.4, -0.2) is 28.5 Å². The summed E-state index contributed by atoms with van der Waals surface area (Å²) in [6.07, 6.45) is 5.81. The van der Waals surface area contributed by atoms with Gasteiger partial charge >= 0.3 is 0 Å². The van der Waals surface area contributed by atoms with Crippen molar-refractivity contribution in [2.45, 2.75) is 26.7 Å². The fourth-order valence-electron chi connectivity index (χ4n) is 1.31. The smallest absolute Gasteiger partial charge is 0.0777 e. The third-order valence-electron chi connectivity index (χ3n) is 1.84. The molecule has 0 saturated carbocycles. The molecule has 0 spiro atoms. The first kappa shape index (κ1) is 9.89. The van der Waals surface area contributed by atoms with Gasteiger partial charge in [-0.1, -0.05) is 13.8 Å². The molecular weight excluding hydrogens is 164 g/mol. The molecule has 0 N–H and O–H groups in total. The highest BCUT2D eigenvalue weighted by molar-refractivity contribution is 5.40. The molecule has 4 nitrogen and oxygen atoms in total. The van der Waals surface area contributed by atoms with Gasteiger partial charge in [0.05, 0.1) is 18.1 Å². The second-order valence-electron chi connectivity index (χ2n) is 2.99. The van der Waals surface area contributed by atoms with Gasteiger partial charge in [0, 0.05) is 13.1 Å². The molecule has 0 aliphatic rings. The van der Waals surface area contributed by atoms with E-state index in [1.54, 1.807) is 12.4 Å². The van der Waals surface area contributed by atoms with Crippen molar-refractivity contribution < 1.29 is 0 Å². The van der Waals surface area contributed by atoms with Gasteiger partial charge < -0.3 is 4.90 Å². The molecule has 0 amide bonds. The highest BCUT2D eigenvalue weighted by Gasteiger charge is 2.03. The van der Waals surface area contributed by atoms with Crippen LogP contribution in [0.2, 0.25) is 0 Å². The molecule has 0 bridgehead atoms. The summed E-state index contributed by atoms with van der Waals surface area (Å²) in [5, 5.41) is 11.1. The van der Waals surface area contributed by atoms with Gasteiger partial charge in [-0.2, -0.15) is 0 Å². The summed E-state index contributed by atoms with van der Waals surface area (Å²) in [5.41, 5.74) is 1.07. The van der Waals surface area contributed by atoms with Gasteiger partial charge in [0.1, 0.15) is 0 Å². The predicted molar refractivity (Wildman–Crippen MR) is 52.6 cm³/mol. The van der Waals surface area contributed by atoms with Crippen LogP contribution < -0.4 is 4.90 Å². The highest BCUT2D eigenvalue weighted by atomic mass is 15.3. The van der Waals surface area contributed by atoms with Gasteiger partial charge in [-0.25, -0.2) is 0 Å². The Morgan fingerprint density at radius 3 is 2.08 bits per heavy atom. The highest BCUT2D eigenvalue weighted by Crippen LogP contribution is 2.10. The number of hydrogen-bond acceptors (Lipinski definition) is 4. The van der Waals surface area contributed by atoms with E-state index in [1.807, 2.05) is 0 Å². The zero-order valence-corrected chi connectivity index (χ0v) is 8.27. The number of nitrogens with zero attached hydrogens (tertiary/aromatic N) is 4.